The second-order valence-corrected chi connectivity index (χ2v) is 12.8. The number of unbranched alkanes of at least 4 members (excludes halogenated alkanes) is 16. The van der Waals surface area contributed by atoms with Crippen molar-refractivity contribution in [3.63, 3.8) is 0 Å². The molecule has 0 radical (unpaired) electrons. The number of ether oxygens (including phenoxy) is 3. The van der Waals surface area contributed by atoms with Gasteiger partial charge in [0.25, 0.3) is 0 Å². The Morgan fingerprint density at radius 2 is 1.35 bits per heavy atom. The Morgan fingerprint density at radius 3 is 1.91 bits per heavy atom. The van der Waals surface area contributed by atoms with Crippen LogP contribution in [0.3, 0.4) is 0 Å². The summed E-state index contributed by atoms with van der Waals surface area (Å²) in [4.78, 5) is 25.9. The third-order valence-electron chi connectivity index (χ3n) is 8.57. The number of carbonyl (C=O) groups excluding carboxylic acids is 2. The molecular formula is C36H70N2O5. The zero-order chi connectivity index (χ0) is 31.2. The Morgan fingerprint density at radius 1 is 0.767 bits per heavy atom. The summed E-state index contributed by atoms with van der Waals surface area (Å²) in [5, 5.41) is 3.15. The maximum Gasteiger partial charge on any atom is 0.306 e. The van der Waals surface area contributed by atoms with Gasteiger partial charge in [-0.25, -0.2) is 0 Å². The van der Waals surface area contributed by atoms with Crippen LogP contribution in [0.4, 0.5) is 0 Å². The van der Waals surface area contributed by atoms with E-state index in [0.717, 1.165) is 70.8 Å². The standard InChI is InChI=1S/C36H70N2O5/c1-3-5-7-9-11-13-15-17-19-25-33(43-35(40)26-20-18-16-14-12-10-8-6-4-2)30-34(39)38-32(24-23-28-37)31-42-36-27-21-22-29-41-36/h32-33,36H,3-31,37H2,1-2H3,(H,38,39)/t32-,33?,36?/m1/s1. The number of nitrogens with one attached hydrogen (secondary N) is 1. The number of esters is 1. The number of hydrogen-bond donors (Lipinski definition) is 2. The molecular weight excluding hydrogens is 540 g/mol. The van der Waals surface area contributed by atoms with Crippen molar-refractivity contribution in [2.24, 2.45) is 5.73 Å². The summed E-state index contributed by atoms with van der Waals surface area (Å²) >= 11 is 0. The van der Waals surface area contributed by atoms with Gasteiger partial charge >= 0.3 is 5.97 Å². The Balaban J connectivity index is 2.47. The van der Waals surface area contributed by atoms with Gasteiger partial charge in [-0.3, -0.25) is 9.59 Å². The second-order valence-electron chi connectivity index (χ2n) is 12.8. The van der Waals surface area contributed by atoms with Crippen molar-refractivity contribution in [3.8, 4) is 0 Å². The van der Waals surface area contributed by atoms with Crippen molar-refractivity contribution in [2.75, 3.05) is 19.8 Å². The highest BCUT2D eigenvalue weighted by molar-refractivity contribution is 5.77. The minimum Gasteiger partial charge on any atom is -0.462 e. The number of hydrogen-bond acceptors (Lipinski definition) is 6. The molecule has 0 aliphatic carbocycles. The Labute approximate surface area is 265 Å². The molecule has 0 spiro atoms. The fourth-order valence-corrected chi connectivity index (χ4v) is 5.83. The lowest BCUT2D eigenvalue weighted by Crippen LogP contribution is -2.41. The van der Waals surface area contributed by atoms with Crippen molar-refractivity contribution in [2.45, 2.75) is 199 Å². The van der Waals surface area contributed by atoms with Crippen LogP contribution >= 0.6 is 0 Å². The summed E-state index contributed by atoms with van der Waals surface area (Å²) in [5.41, 5.74) is 5.76. The lowest BCUT2D eigenvalue weighted by molar-refractivity contribution is -0.167. The minimum absolute atomic E-state index is 0.0769. The Kier molecular flexibility index (Phi) is 27.4. The first-order chi connectivity index (χ1) is 21.1. The molecule has 3 N–H and O–H groups in total. The molecule has 1 aliphatic rings. The fourth-order valence-electron chi connectivity index (χ4n) is 5.83. The van der Waals surface area contributed by atoms with Gasteiger partial charge in [0, 0.05) is 13.0 Å². The monoisotopic (exact) mass is 611 g/mol. The summed E-state index contributed by atoms with van der Waals surface area (Å²) in [6.07, 6.45) is 27.6. The van der Waals surface area contributed by atoms with Crippen molar-refractivity contribution in [1.29, 1.82) is 0 Å². The van der Waals surface area contributed by atoms with Crippen LogP contribution in [0.25, 0.3) is 0 Å². The van der Waals surface area contributed by atoms with E-state index in [9.17, 15) is 9.59 Å². The van der Waals surface area contributed by atoms with E-state index in [4.69, 9.17) is 19.9 Å². The molecule has 43 heavy (non-hydrogen) atoms. The van der Waals surface area contributed by atoms with Crippen molar-refractivity contribution < 1.29 is 23.8 Å². The maximum atomic E-state index is 13.1. The highest BCUT2D eigenvalue weighted by Gasteiger charge is 2.22. The van der Waals surface area contributed by atoms with E-state index in [0.29, 0.717) is 19.6 Å². The first kappa shape index (κ1) is 39.8. The van der Waals surface area contributed by atoms with E-state index in [1.54, 1.807) is 0 Å². The van der Waals surface area contributed by atoms with E-state index in [1.165, 1.54) is 89.9 Å². The topological polar surface area (TPSA) is 99.9 Å². The smallest absolute Gasteiger partial charge is 0.306 e. The normalized spacial score (nSPS) is 16.6. The predicted molar refractivity (Wildman–Crippen MR) is 178 cm³/mol. The molecule has 0 aromatic rings. The van der Waals surface area contributed by atoms with E-state index in [-0.39, 0.29) is 36.7 Å². The third-order valence-corrected chi connectivity index (χ3v) is 8.57. The molecule has 1 rings (SSSR count). The van der Waals surface area contributed by atoms with Gasteiger partial charge < -0.3 is 25.3 Å². The van der Waals surface area contributed by atoms with Gasteiger partial charge in [-0.15, -0.1) is 0 Å². The molecule has 7 heteroatoms. The SMILES string of the molecule is CCCCCCCCCCCC(=O)OC(CCCCCCCCCCC)CC(=O)N[C@H](CCCN)COC1CCCCO1. The van der Waals surface area contributed by atoms with Crippen LogP contribution in [0, 0.1) is 0 Å². The third kappa shape index (κ3) is 24.8. The lowest BCUT2D eigenvalue weighted by atomic mass is 10.0. The average Bonchev–Trinajstić information content (AvgIpc) is 3.01. The quantitative estimate of drug-likeness (QED) is 0.0622. The summed E-state index contributed by atoms with van der Waals surface area (Å²) in [7, 11) is 0. The van der Waals surface area contributed by atoms with Gasteiger partial charge in [-0.1, -0.05) is 117 Å². The summed E-state index contributed by atoms with van der Waals surface area (Å²) < 4.78 is 17.6. The zero-order valence-electron chi connectivity index (χ0n) is 28.4. The number of rotatable bonds is 30. The average molecular weight is 611 g/mol. The second kappa shape index (κ2) is 29.5. The van der Waals surface area contributed by atoms with E-state index >= 15 is 0 Å². The number of nitrogens with two attached hydrogens (primary N) is 1. The van der Waals surface area contributed by atoms with Gasteiger partial charge in [0.05, 0.1) is 19.1 Å². The van der Waals surface area contributed by atoms with Crippen molar-refractivity contribution in [1.82, 2.24) is 5.32 Å². The van der Waals surface area contributed by atoms with Crippen LogP contribution in [0.1, 0.15) is 181 Å². The minimum atomic E-state index is -0.367. The molecule has 7 nitrogen and oxygen atoms in total. The fraction of sp³-hybridized carbons (Fsp3) is 0.944. The van der Waals surface area contributed by atoms with E-state index < -0.39 is 0 Å². The summed E-state index contributed by atoms with van der Waals surface area (Å²) in [5.74, 6) is -0.235. The van der Waals surface area contributed by atoms with Crippen LogP contribution in [-0.4, -0.2) is 50.1 Å². The molecule has 2 unspecified atom stereocenters. The molecule has 1 heterocycles. The van der Waals surface area contributed by atoms with Gasteiger partial charge in [0.15, 0.2) is 6.29 Å². The highest BCUT2D eigenvalue weighted by atomic mass is 16.7. The number of carbonyl (C=O) groups is 2. The maximum absolute atomic E-state index is 13.1. The molecule has 1 amide bonds. The molecule has 0 aromatic heterocycles. The van der Waals surface area contributed by atoms with Crippen LogP contribution in [0.5, 0.6) is 0 Å². The first-order valence-electron chi connectivity index (χ1n) is 18.5. The molecule has 254 valence electrons. The van der Waals surface area contributed by atoms with Crippen LogP contribution < -0.4 is 11.1 Å². The van der Waals surface area contributed by atoms with E-state index in [1.807, 2.05) is 0 Å². The lowest BCUT2D eigenvalue weighted by Gasteiger charge is -2.26. The highest BCUT2D eigenvalue weighted by Crippen LogP contribution is 2.18. The van der Waals surface area contributed by atoms with Gasteiger partial charge in [0.2, 0.25) is 5.91 Å². The largest absolute Gasteiger partial charge is 0.462 e. The first-order valence-corrected chi connectivity index (χ1v) is 18.5. The predicted octanol–water partition coefficient (Wildman–Crippen LogP) is 8.90. The molecule has 1 fully saturated rings. The number of amides is 1. The summed E-state index contributed by atoms with van der Waals surface area (Å²) in [6, 6.07) is -0.118. The van der Waals surface area contributed by atoms with Crippen LogP contribution in [0.15, 0.2) is 0 Å². The van der Waals surface area contributed by atoms with Crippen molar-refractivity contribution in [3.05, 3.63) is 0 Å². The molecule has 3 atom stereocenters. The van der Waals surface area contributed by atoms with Gasteiger partial charge in [-0.05, 0) is 57.9 Å². The summed E-state index contributed by atoms with van der Waals surface area (Å²) in [6.45, 7) is 6.22. The molecule has 0 bridgehead atoms. The van der Waals surface area contributed by atoms with Gasteiger partial charge in [-0.2, -0.15) is 0 Å². The molecule has 0 aromatic carbocycles. The zero-order valence-corrected chi connectivity index (χ0v) is 28.4. The Hall–Kier alpha value is -1.18. The molecule has 0 saturated carbocycles. The Bertz CT molecular complexity index is 641. The van der Waals surface area contributed by atoms with Crippen molar-refractivity contribution >= 4 is 11.9 Å². The van der Waals surface area contributed by atoms with Crippen LogP contribution in [0.2, 0.25) is 0 Å². The molecule has 1 aliphatic heterocycles. The van der Waals surface area contributed by atoms with Crippen LogP contribution in [-0.2, 0) is 23.8 Å². The van der Waals surface area contributed by atoms with Gasteiger partial charge in [0.1, 0.15) is 6.10 Å². The van der Waals surface area contributed by atoms with E-state index in [2.05, 4.69) is 19.2 Å². The molecule has 1 saturated heterocycles.